The molecule has 0 spiro atoms. The molecule has 3 rings (SSSR count). The zero-order chi connectivity index (χ0) is 22.3. The molecule has 1 amide bonds. The second-order valence-corrected chi connectivity index (χ2v) is 8.15. The Morgan fingerprint density at radius 3 is 2.29 bits per heavy atom. The molecule has 0 aromatic heterocycles. The number of rotatable bonds is 9. The van der Waals surface area contributed by atoms with Crippen LogP contribution in [0.15, 0.2) is 54.6 Å². The fraction of sp³-hybridized carbons (Fsp3) is 0.417. The molecule has 2 aromatic carbocycles. The zero-order valence-corrected chi connectivity index (χ0v) is 17.7. The number of nitro groups is 1. The summed E-state index contributed by atoms with van der Waals surface area (Å²) in [4.78, 5) is 36.1. The van der Waals surface area contributed by atoms with E-state index in [2.05, 4.69) is 17.4 Å². The Hall–Kier alpha value is -3.22. The molecule has 0 bridgehead atoms. The molecule has 1 saturated carbocycles. The van der Waals surface area contributed by atoms with E-state index >= 15 is 0 Å². The number of methoxy groups -OCH3 is 1. The minimum atomic E-state index is -0.840. The number of esters is 1. The Bertz CT molecular complexity index is 905. The van der Waals surface area contributed by atoms with Gasteiger partial charge < -0.3 is 10.1 Å². The molecule has 0 saturated heterocycles. The maximum atomic E-state index is 13.3. The van der Waals surface area contributed by atoms with Gasteiger partial charge in [-0.15, -0.1) is 0 Å². The Balaban J connectivity index is 1.71. The number of amides is 1. The smallest absolute Gasteiger partial charge is 0.328 e. The number of hydrogen-bond donors (Lipinski definition) is 1. The first-order chi connectivity index (χ1) is 14.9. The lowest BCUT2D eigenvalue weighted by Crippen LogP contribution is -2.49. The quantitative estimate of drug-likeness (QED) is 0.373. The highest BCUT2D eigenvalue weighted by Crippen LogP contribution is 2.42. The van der Waals surface area contributed by atoms with Gasteiger partial charge in [0.25, 0.3) is 5.69 Å². The van der Waals surface area contributed by atoms with Crippen LogP contribution in [0.25, 0.3) is 0 Å². The topological polar surface area (TPSA) is 98.5 Å². The van der Waals surface area contributed by atoms with Gasteiger partial charge in [-0.25, -0.2) is 4.79 Å². The van der Waals surface area contributed by atoms with Crippen LogP contribution in [0.3, 0.4) is 0 Å². The van der Waals surface area contributed by atoms with Gasteiger partial charge in [0.1, 0.15) is 6.04 Å². The van der Waals surface area contributed by atoms with Crippen molar-refractivity contribution in [1.82, 2.24) is 5.32 Å². The fourth-order valence-electron chi connectivity index (χ4n) is 4.31. The van der Waals surface area contributed by atoms with Crippen molar-refractivity contribution >= 4 is 17.6 Å². The second-order valence-electron chi connectivity index (χ2n) is 8.15. The number of benzene rings is 2. The predicted molar refractivity (Wildman–Crippen MR) is 116 cm³/mol. The summed E-state index contributed by atoms with van der Waals surface area (Å²) in [5, 5.41) is 13.8. The van der Waals surface area contributed by atoms with Gasteiger partial charge in [0, 0.05) is 24.0 Å². The van der Waals surface area contributed by atoms with Crippen molar-refractivity contribution in [1.29, 1.82) is 0 Å². The van der Waals surface area contributed by atoms with E-state index in [9.17, 15) is 19.7 Å². The Morgan fingerprint density at radius 2 is 1.71 bits per heavy atom. The van der Waals surface area contributed by atoms with Crippen LogP contribution in [0.5, 0.6) is 0 Å². The number of hydrogen-bond acceptors (Lipinski definition) is 5. The number of nitrogens with zero attached hydrogens (tertiary/aromatic N) is 1. The van der Waals surface area contributed by atoms with Crippen LogP contribution in [-0.2, 0) is 27.2 Å². The highest BCUT2D eigenvalue weighted by molar-refractivity contribution is 5.88. The highest BCUT2D eigenvalue weighted by Gasteiger charge is 2.42. The van der Waals surface area contributed by atoms with Crippen LogP contribution in [-0.4, -0.2) is 30.0 Å². The maximum Gasteiger partial charge on any atom is 0.328 e. The number of nitro benzene ring substituents is 1. The third-order valence-electron chi connectivity index (χ3n) is 6.16. The van der Waals surface area contributed by atoms with Gasteiger partial charge in [-0.2, -0.15) is 0 Å². The summed E-state index contributed by atoms with van der Waals surface area (Å²) in [6.45, 7) is 0. The number of aryl methyl sites for hydroxylation is 1. The van der Waals surface area contributed by atoms with E-state index in [1.54, 1.807) is 12.1 Å². The van der Waals surface area contributed by atoms with Gasteiger partial charge >= 0.3 is 5.97 Å². The fourth-order valence-corrected chi connectivity index (χ4v) is 4.31. The summed E-state index contributed by atoms with van der Waals surface area (Å²) in [7, 11) is 1.29. The predicted octanol–water partition coefficient (Wildman–Crippen LogP) is 3.99. The third-order valence-corrected chi connectivity index (χ3v) is 6.16. The molecule has 1 aliphatic carbocycles. The van der Waals surface area contributed by atoms with Crippen LogP contribution in [0.4, 0.5) is 5.69 Å². The first-order valence-electron chi connectivity index (χ1n) is 10.6. The molecule has 7 heteroatoms. The van der Waals surface area contributed by atoms with Crippen molar-refractivity contribution in [2.75, 3.05) is 7.11 Å². The van der Waals surface area contributed by atoms with Gasteiger partial charge in [-0.1, -0.05) is 55.3 Å². The number of nitrogens with one attached hydrogen (secondary N) is 1. The second kappa shape index (κ2) is 10.2. The number of ether oxygens (including phenoxy) is 1. The molecular weight excluding hydrogens is 396 g/mol. The zero-order valence-electron chi connectivity index (χ0n) is 17.7. The lowest BCUT2D eigenvalue weighted by atomic mass is 9.79. The Labute approximate surface area is 182 Å². The van der Waals surface area contributed by atoms with Crippen LogP contribution < -0.4 is 5.32 Å². The minimum absolute atomic E-state index is 0.0202. The van der Waals surface area contributed by atoms with Crippen molar-refractivity contribution < 1.29 is 19.2 Å². The van der Waals surface area contributed by atoms with Crippen molar-refractivity contribution in [2.24, 2.45) is 5.41 Å². The number of carbonyl (C=O) groups excluding carboxylic acids is 2. The van der Waals surface area contributed by atoms with Gasteiger partial charge in [0.05, 0.1) is 12.0 Å². The first kappa shape index (κ1) is 22.5. The molecule has 1 atom stereocenters. The van der Waals surface area contributed by atoms with E-state index < -0.39 is 22.3 Å². The molecule has 0 radical (unpaired) electrons. The summed E-state index contributed by atoms with van der Waals surface area (Å²) >= 11 is 0. The van der Waals surface area contributed by atoms with Crippen molar-refractivity contribution in [3.8, 4) is 0 Å². The Morgan fingerprint density at radius 1 is 1.06 bits per heavy atom. The van der Waals surface area contributed by atoms with E-state index in [0.717, 1.165) is 38.5 Å². The third kappa shape index (κ3) is 5.69. The SMILES string of the molecule is COC(=O)[C@H](Cc1ccc([N+](=O)[O-])cc1)NC(=O)C1(CCc2ccccc2)CCCC1. The monoisotopic (exact) mass is 424 g/mol. The van der Waals surface area contributed by atoms with Crippen molar-refractivity contribution in [3.63, 3.8) is 0 Å². The molecule has 31 heavy (non-hydrogen) atoms. The van der Waals surface area contributed by atoms with Gasteiger partial charge in [-0.3, -0.25) is 14.9 Å². The summed E-state index contributed by atoms with van der Waals surface area (Å²) in [5.41, 5.74) is 1.40. The summed E-state index contributed by atoms with van der Waals surface area (Å²) in [6.07, 6.45) is 5.34. The maximum absolute atomic E-state index is 13.3. The average molecular weight is 424 g/mol. The molecule has 1 fully saturated rings. The standard InChI is InChI=1S/C24H28N2O5/c1-31-22(27)21(17-19-9-11-20(12-10-19)26(29)30)25-23(28)24(14-5-6-15-24)16-13-18-7-3-2-4-8-18/h2-4,7-12,21H,5-6,13-17H2,1H3,(H,25,28)/t21-/m0/s1. The van der Waals surface area contributed by atoms with E-state index in [1.165, 1.54) is 24.8 Å². The van der Waals surface area contributed by atoms with Crippen molar-refractivity contribution in [3.05, 3.63) is 75.8 Å². The number of carbonyl (C=O) groups is 2. The summed E-state index contributed by atoms with van der Waals surface area (Å²) in [6, 6.07) is 15.2. The van der Waals surface area contributed by atoms with Crippen molar-refractivity contribution in [2.45, 2.75) is 51.0 Å². The molecule has 2 aromatic rings. The highest BCUT2D eigenvalue weighted by atomic mass is 16.6. The molecule has 0 unspecified atom stereocenters. The van der Waals surface area contributed by atoms with E-state index in [-0.39, 0.29) is 18.0 Å². The Kier molecular flexibility index (Phi) is 7.39. The minimum Gasteiger partial charge on any atom is -0.467 e. The first-order valence-corrected chi connectivity index (χ1v) is 10.6. The summed E-state index contributed by atoms with van der Waals surface area (Å²) < 4.78 is 4.91. The van der Waals surface area contributed by atoms with Crippen LogP contribution >= 0.6 is 0 Å². The molecule has 1 aliphatic rings. The van der Waals surface area contributed by atoms with Crippen LogP contribution in [0.2, 0.25) is 0 Å². The molecule has 1 N–H and O–H groups in total. The van der Waals surface area contributed by atoms with Gasteiger partial charge in [0.15, 0.2) is 0 Å². The van der Waals surface area contributed by atoms with E-state index in [0.29, 0.717) is 5.56 Å². The lowest BCUT2D eigenvalue weighted by Gasteiger charge is -2.30. The van der Waals surface area contributed by atoms with Crippen LogP contribution in [0.1, 0.15) is 43.2 Å². The normalized spacial score (nSPS) is 15.8. The molecule has 0 aliphatic heterocycles. The van der Waals surface area contributed by atoms with Gasteiger partial charge in [0.2, 0.25) is 5.91 Å². The largest absolute Gasteiger partial charge is 0.467 e. The number of non-ortho nitro benzene ring substituents is 1. The molecule has 7 nitrogen and oxygen atoms in total. The average Bonchev–Trinajstić information content (AvgIpc) is 3.28. The van der Waals surface area contributed by atoms with Crippen LogP contribution in [0, 0.1) is 15.5 Å². The van der Waals surface area contributed by atoms with E-state index in [1.807, 2.05) is 18.2 Å². The molecular formula is C24H28N2O5. The van der Waals surface area contributed by atoms with E-state index in [4.69, 9.17) is 4.74 Å². The lowest BCUT2D eigenvalue weighted by molar-refractivity contribution is -0.384. The van der Waals surface area contributed by atoms with Gasteiger partial charge in [-0.05, 0) is 36.8 Å². The summed E-state index contributed by atoms with van der Waals surface area (Å²) in [5.74, 6) is -0.638. The molecule has 0 heterocycles. The molecule has 164 valence electrons.